The molecule has 3 saturated heterocycles. The van der Waals surface area contributed by atoms with Crippen molar-refractivity contribution in [1.29, 1.82) is 0 Å². The lowest BCUT2D eigenvalue weighted by Gasteiger charge is -2.29. The van der Waals surface area contributed by atoms with Gasteiger partial charge in [-0.15, -0.1) is 0 Å². The highest BCUT2D eigenvalue weighted by molar-refractivity contribution is 5.83. The number of anilines is 1. The Bertz CT molecular complexity index is 1210. The highest BCUT2D eigenvalue weighted by Crippen LogP contribution is 2.39. The van der Waals surface area contributed by atoms with Crippen LogP contribution in [0.4, 0.5) is 18.9 Å². The third-order valence-electron chi connectivity index (χ3n) is 6.66. The number of fused-ring (bicyclic) bond motifs is 2. The van der Waals surface area contributed by atoms with E-state index in [0.717, 1.165) is 24.8 Å². The normalized spacial score (nSPS) is 26.9. The molecule has 2 unspecified atom stereocenters. The average molecular weight is 491 g/mol. The van der Waals surface area contributed by atoms with Crippen LogP contribution < -0.4 is 9.64 Å². The summed E-state index contributed by atoms with van der Waals surface area (Å²) >= 11 is 0. The number of alkyl halides is 3. The van der Waals surface area contributed by atoms with Crippen LogP contribution in [0.2, 0.25) is 0 Å². The number of nitrogens with one attached hydrogen (secondary N) is 1. The maximum atomic E-state index is 14.0. The molecule has 11 heteroatoms. The highest BCUT2D eigenvalue weighted by Gasteiger charge is 2.48. The first-order valence-electron chi connectivity index (χ1n) is 11.5. The van der Waals surface area contributed by atoms with Crippen molar-refractivity contribution < 1.29 is 37.2 Å². The Morgan fingerprint density at radius 1 is 1.03 bits per heavy atom. The molecule has 35 heavy (non-hydrogen) atoms. The first-order valence-corrected chi connectivity index (χ1v) is 11.5. The highest BCUT2D eigenvalue weighted by atomic mass is 19.4. The summed E-state index contributed by atoms with van der Waals surface area (Å²) in [7, 11) is 0. The van der Waals surface area contributed by atoms with Crippen LogP contribution in [0.3, 0.4) is 0 Å². The molecule has 4 atom stereocenters. The van der Waals surface area contributed by atoms with Crippen LogP contribution >= 0.6 is 0 Å². The summed E-state index contributed by atoms with van der Waals surface area (Å²) in [6, 6.07) is 9.58. The van der Waals surface area contributed by atoms with Crippen molar-refractivity contribution in [3.63, 3.8) is 0 Å². The SMILES string of the molecule is O[C@@H]1COC2C1OC[C@H]2Oc1cc2nc(-c3ccc(N4CCOCC4)cc3)c(C(F)(F)F)cc2[nH]1. The monoisotopic (exact) mass is 491 g/mol. The van der Waals surface area contributed by atoms with Crippen LogP contribution in [-0.2, 0) is 20.4 Å². The van der Waals surface area contributed by atoms with Gasteiger partial charge in [0.2, 0.25) is 0 Å². The molecule has 186 valence electrons. The number of benzene rings is 1. The number of H-pyrrole nitrogens is 1. The predicted molar refractivity (Wildman–Crippen MR) is 119 cm³/mol. The van der Waals surface area contributed by atoms with Crippen LogP contribution in [0.25, 0.3) is 22.3 Å². The Labute approximate surface area is 198 Å². The van der Waals surface area contributed by atoms with E-state index in [-0.39, 0.29) is 30.3 Å². The standard InChI is InChI=1S/C24H24F3N3O5/c25-24(26,27)15-9-16-17(10-20(28-16)35-19-12-34-22-18(31)11-33-23(19)22)29-21(15)13-1-3-14(4-2-13)30-5-7-32-8-6-30/h1-4,9-10,18-19,22-23,28,31H,5-8,11-12H2/t18-,19-,22?,23?/m1/s1. The average Bonchev–Trinajstić information content (AvgIpc) is 3.55. The number of pyridine rings is 1. The Morgan fingerprint density at radius 3 is 2.51 bits per heavy atom. The van der Waals surface area contributed by atoms with Gasteiger partial charge in [0.05, 0.1) is 48.7 Å². The van der Waals surface area contributed by atoms with E-state index in [1.165, 1.54) is 0 Å². The summed E-state index contributed by atoms with van der Waals surface area (Å²) in [5.41, 5.74) is 0.896. The molecule has 8 nitrogen and oxygen atoms in total. The van der Waals surface area contributed by atoms with Crippen molar-refractivity contribution >= 4 is 16.7 Å². The number of ether oxygens (including phenoxy) is 4. The number of nitrogens with zero attached hydrogens (tertiary/aromatic N) is 2. The molecule has 0 spiro atoms. The number of aromatic nitrogens is 2. The smallest absolute Gasteiger partial charge is 0.418 e. The van der Waals surface area contributed by atoms with E-state index >= 15 is 0 Å². The second-order valence-electron chi connectivity index (χ2n) is 8.91. The minimum Gasteiger partial charge on any atom is -0.470 e. The van der Waals surface area contributed by atoms with Gasteiger partial charge in [0.1, 0.15) is 18.3 Å². The van der Waals surface area contributed by atoms with E-state index in [0.29, 0.717) is 24.3 Å². The summed E-state index contributed by atoms with van der Waals surface area (Å²) in [6.45, 7) is 3.09. The molecule has 3 aliphatic heterocycles. The van der Waals surface area contributed by atoms with Crippen molar-refractivity contribution in [2.45, 2.75) is 30.6 Å². The molecule has 2 N–H and O–H groups in total. The van der Waals surface area contributed by atoms with Crippen LogP contribution in [0.1, 0.15) is 5.56 Å². The maximum absolute atomic E-state index is 14.0. The van der Waals surface area contributed by atoms with Gasteiger partial charge in [-0.05, 0) is 18.2 Å². The van der Waals surface area contributed by atoms with Gasteiger partial charge in [0, 0.05) is 30.4 Å². The van der Waals surface area contributed by atoms with Crippen LogP contribution in [0, 0.1) is 0 Å². The Kier molecular flexibility index (Phi) is 5.59. The van der Waals surface area contributed by atoms with Gasteiger partial charge in [0.25, 0.3) is 0 Å². The van der Waals surface area contributed by atoms with E-state index in [1.807, 2.05) is 12.1 Å². The number of hydrogen-bond donors (Lipinski definition) is 2. The largest absolute Gasteiger partial charge is 0.470 e. The fourth-order valence-corrected chi connectivity index (χ4v) is 4.89. The quantitative estimate of drug-likeness (QED) is 0.580. The summed E-state index contributed by atoms with van der Waals surface area (Å²) in [6.07, 6.45) is -6.70. The molecular formula is C24H24F3N3O5. The molecule has 3 aromatic rings. The first-order chi connectivity index (χ1) is 16.9. The zero-order valence-electron chi connectivity index (χ0n) is 18.6. The van der Waals surface area contributed by atoms with Crippen molar-refractivity contribution in [2.75, 3.05) is 44.4 Å². The van der Waals surface area contributed by atoms with Crippen molar-refractivity contribution in [3.05, 3.63) is 42.0 Å². The molecule has 0 bridgehead atoms. The van der Waals surface area contributed by atoms with Gasteiger partial charge in [0.15, 0.2) is 12.0 Å². The maximum Gasteiger partial charge on any atom is 0.418 e. The summed E-state index contributed by atoms with van der Waals surface area (Å²) < 4.78 is 64.4. The minimum absolute atomic E-state index is 0.143. The Hall–Kier alpha value is -2.86. The second-order valence-corrected chi connectivity index (χ2v) is 8.91. The van der Waals surface area contributed by atoms with Gasteiger partial charge < -0.3 is 33.9 Å². The van der Waals surface area contributed by atoms with E-state index in [9.17, 15) is 18.3 Å². The Balaban J connectivity index is 1.30. The number of halogens is 3. The predicted octanol–water partition coefficient (Wildman–Crippen LogP) is 2.99. The van der Waals surface area contributed by atoms with Gasteiger partial charge >= 0.3 is 6.18 Å². The molecule has 2 aromatic heterocycles. The Morgan fingerprint density at radius 2 is 1.77 bits per heavy atom. The van der Waals surface area contributed by atoms with E-state index in [4.69, 9.17) is 18.9 Å². The molecular weight excluding hydrogens is 467 g/mol. The molecule has 0 radical (unpaired) electrons. The summed E-state index contributed by atoms with van der Waals surface area (Å²) in [4.78, 5) is 9.37. The lowest BCUT2D eigenvalue weighted by molar-refractivity contribution is -0.137. The molecule has 0 saturated carbocycles. The third-order valence-corrected chi connectivity index (χ3v) is 6.66. The fraction of sp³-hybridized carbons (Fsp3) is 0.458. The molecule has 3 aliphatic rings. The molecule has 0 aliphatic carbocycles. The van der Waals surface area contributed by atoms with Crippen molar-refractivity contribution in [2.24, 2.45) is 0 Å². The molecule has 5 heterocycles. The van der Waals surface area contributed by atoms with E-state index in [2.05, 4.69) is 14.9 Å². The number of aliphatic hydroxyl groups is 1. The molecule has 1 aromatic carbocycles. The summed E-state index contributed by atoms with van der Waals surface area (Å²) in [5, 5.41) is 9.90. The number of hydrogen-bond acceptors (Lipinski definition) is 7. The first kappa shape index (κ1) is 22.6. The zero-order valence-corrected chi connectivity index (χ0v) is 18.6. The van der Waals surface area contributed by atoms with Crippen molar-refractivity contribution in [1.82, 2.24) is 9.97 Å². The van der Waals surface area contributed by atoms with Crippen LogP contribution in [0.15, 0.2) is 36.4 Å². The molecule has 0 amide bonds. The second kappa shape index (κ2) is 8.66. The number of aromatic amines is 1. The lowest BCUT2D eigenvalue weighted by Crippen LogP contribution is -2.36. The zero-order chi connectivity index (χ0) is 24.2. The number of morpholine rings is 1. The number of rotatable bonds is 4. The van der Waals surface area contributed by atoms with Gasteiger partial charge in [-0.3, -0.25) is 0 Å². The van der Waals surface area contributed by atoms with E-state index in [1.54, 1.807) is 18.2 Å². The number of aliphatic hydroxyl groups excluding tert-OH is 1. The molecule has 3 fully saturated rings. The van der Waals surface area contributed by atoms with Gasteiger partial charge in [-0.25, -0.2) is 4.98 Å². The lowest BCUT2D eigenvalue weighted by atomic mass is 10.0. The summed E-state index contributed by atoms with van der Waals surface area (Å²) in [5.74, 6) is 0.264. The fourth-order valence-electron chi connectivity index (χ4n) is 4.89. The van der Waals surface area contributed by atoms with E-state index < -0.39 is 36.2 Å². The van der Waals surface area contributed by atoms with Crippen molar-refractivity contribution in [3.8, 4) is 17.1 Å². The van der Waals surface area contributed by atoms with Gasteiger partial charge in [-0.1, -0.05) is 12.1 Å². The van der Waals surface area contributed by atoms with Gasteiger partial charge in [-0.2, -0.15) is 13.2 Å². The minimum atomic E-state index is -4.59. The van der Waals surface area contributed by atoms with Crippen LogP contribution in [-0.4, -0.2) is 79.0 Å². The van der Waals surface area contributed by atoms with Crippen LogP contribution in [0.5, 0.6) is 5.88 Å². The third kappa shape index (κ3) is 4.22. The molecule has 6 rings (SSSR count). The topological polar surface area (TPSA) is 89.1 Å².